The monoisotopic (exact) mass is 234 g/mol. The van der Waals surface area contributed by atoms with E-state index in [2.05, 4.69) is 12.2 Å². The van der Waals surface area contributed by atoms with Crippen LogP contribution in [0.15, 0.2) is 0 Å². The minimum atomic E-state index is -2.33. The Hall–Kier alpha value is 0.550. The summed E-state index contributed by atoms with van der Waals surface area (Å²) in [5.41, 5.74) is 0. The number of hydrogen-bond donors (Lipinski definition) is 3. The summed E-state index contributed by atoms with van der Waals surface area (Å²) < 4.78 is 20.7. The van der Waals surface area contributed by atoms with Gasteiger partial charge in [-0.2, -0.15) is 0 Å². The SMILES string of the molecule is O=[PH](S)OCC1OC2(B=B2)C(O)C1O. The molecule has 0 bridgehead atoms. The number of rotatable bonds is 3. The van der Waals surface area contributed by atoms with Crippen LogP contribution in [0.4, 0.5) is 0 Å². The summed E-state index contributed by atoms with van der Waals surface area (Å²) in [4.78, 5) is 0. The van der Waals surface area contributed by atoms with Gasteiger partial charge in [-0.1, -0.05) is 0 Å². The van der Waals surface area contributed by atoms with E-state index in [1.54, 1.807) is 13.6 Å². The summed E-state index contributed by atoms with van der Waals surface area (Å²) >= 11 is 3.59. The van der Waals surface area contributed by atoms with Crippen LogP contribution in [0.25, 0.3) is 0 Å². The fraction of sp³-hybridized carbons (Fsp3) is 1.00. The van der Waals surface area contributed by atoms with Crippen LogP contribution in [0.3, 0.4) is 0 Å². The zero-order valence-corrected chi connectivity index (χ0v) is 9.05. The molecule has 0 radical (unpaired) electrons. The van der Waals surface area contributed by atoms with Crippen LogP contribution in [0, 0.1) is 0 Å². The van der Waals surface area contributed by atoms with E-state index < -0.39 is 30.9 Å². The van der Waals surface area contributed by atoms with Crippen LogP contribution in [-0.2, 0) is 13.8 Å². The van der Waals surface area contributed by atoms with E-state index in [0.717, 1.165) is 0 Å². The molecule has 76 valence electrons. The second-order valence-electron chi connectivity index (χ2n) is 3.36. The molecular formula is C5H9B2O5PS. The van der Waals surface area contributed by atoms with Crippen LogP contribution >= 0.6 is 19.5 Å². The molecule has 2 N–H and O–H groups in total. The number of aliphatic hydroxyl groups excluding tert-OH is 2. The van der Waals surface area contributed by atoms with Gasteiger partial charge >= 0.3 is 87.4 Å². The van der Waals surface area contributed by atoms with E-state index in [4.69, 9.17) is 9.26 Å². The van der Waals surface area contributed by atoms with Gasteiger partial charge < -0.3 is 0 Å². The van der Waals surface area contributed by atoms with Crippen molar-refractivity contribution in [2.24, 2.45) is 0 Å². The molecule has 0 aliphatic carbocycles. The molecule has 0 amide bonds. The molecule has 2 aliphatic heterocycles. The quantitative estimate of drug-likeness (QED) is 0.312. The first-order chi connectivity index (χ1) is 6.55. The van der Waals surface area contributed by atoms with Crippen molar-refractivity contribution in [3.05, 3.63) is 0 Å². The number of thiol groups is 1. The normalized spacial score (nSPS) is 39.2. The maximum absolute atomic E-state index is 10.6. The molecule has 1 saturated heterocycles. The van der Waals surface area contributed by atoms with Gasteiger partial charge in [-0.05, 0) is 0 Å². The molecule has 1 spiro atoms. The van der Waals surface area contributed by atoms with E-state index in [0.29, 0.717) is 0 Å². The maximum atomic E-state index is 10.6. The van der Waals surface area contributed by atoms with Crippen molar-refractivity contribution in [1.82, 2.24) is 0 Å². The van der Waals surface area contributed by atoms with Crippen molar-refractivity contribution in [3.8, 4) is 0 Å². The topological polar surface area (TPSA) is 76.0 Å². The first-order valence-electron chi connectivity index (χ1n) is 4.15. The molecule has 5 nitrogen and oxygen atoms in total. The van der Waals surface area contributed by atoms with Crippen molar-refractivity contribution < 1.29 is 24.0 Å². The Morgan fingerprint density at radius 1 is 1.57 bits per heavy atom. The molecule has 4 atom stereocenters. The van der Waals surface area contributed by atoms with Gasteiger partial charge in [-0.3, -0.25) is 0 Å². The third kappa shape index (κ3) is 1.92. The Morgan fingerprint density at radius 3 is 2.64 bits per heavy atom. The summed E-state index contributed by atoms with van der Waals surface area (Å²) in [6.07, 6.45) is -2.63. The zero-order chi connectivity index (χ0) is 10.3. The van der Waals surface area contributed by atoms with Crippen LogP contribution in [-0.4, -0.2) is 54.1 Å². The second-order valence-corrected chi connectivity index (χ2v) is 5.27. The molecule has 4 unspecified atom stereocenters. The van der Waals surface area contributed by atoms with Gasteiger partial charge in [0, 0.05) is 0 Å². The summed E-state index contributed by atoms with van der Waals surface area (Å²) in [5.74, 6) is 0. The summed E-state index contributed by atoms with van der Waals surface area (Å²) in [6.45, 7) is 3.32. The molecule has 2 heterocycles. The molecule has 0 saturated carbocycles. The molecule has 0 aromatic rings. The van der Waals surface area contributed by atoms with Gasteiger partial charge in [0.05, 0.1) is 0 Å². The van der Waals surface area contributed by atoms with Crippen LogP contribution in [0.1, 0.15) is 0 Å². The van der Waals surface area contributed by atoms with Crippen molar-refractivity contribution in [2.75, 3.05) is 6.61 Å². The number of hydrogen-bond acceptors (Lipinski definition) is 5. The summed E-state index contributed by atoms with van der Waals surface area (Å²) in [6, 6.07) is 0. The van der Waals surface area contributed by atoms with Crippen LogP contribution in [0.2, 0.25) is 0 Å². The fourth-order valence-electron chi connectivity index (χ4n) is 1.52. The van der Waals surface area contributed by atoms with E-state index in [-0.39, 0.29) is 6.61 Å². The Kier molecular flexibility index (Phi) is 3.04. The minimum absolute atomic E-state index is 0.0248. The van der Waals surface area contributed by atoms with Gasteiger partial charge in [-0.15, -0.1) is 0 Å². The first-order valence-corrected chi connectivity index (χ1v) is 6.76. The second kappa shape index (κ2) is 3.85. The standard InChI is InChI=1S/C5H9B2O5PS/c8-3-2(1-11-13(10)14)12-5(4(3)9)6-7-5/h2-4,8-9,13H,1H2,(H,10,14). The van der Waals surface area contributed by atoms with Gasteiger partial charge in [0.1, 0.15) is 0 Å². The van der Waals surface area contributed by atoms with Gasteiger partial charge in [0.25, 0.3) is 0 Å². The van der Waals surface area contributed by atoms with Crippen molar-refractivity contribution in [2.45, 2.75) is 23.7 Å². The third-order valence-electron chi connectivity index (χ3n) is 2.39. The predicted molar refractivity (Wildman–Crippen MR) is 55.1 cm³/mol. The Morgan fingerprint density at radius 2 is 2.21 bits per heavy atom. The van der Waals surface area contributed by atoms with E-state index >= 15 is 0 Å². The molecule has 2 aliphatic rings. The van der Waals surface area contributed by atoms with Crippen molar-refractivity contribution >= 4 is 33.1 Å². The van der Waals surface area contributed by atoms with Crippen molar-refractivity contribution in [3.63, 3.8) is 0 Å². The molecule has 2 rings (SSSR count). The van der Waals surface area contributed by atoms with Crippen LogP contribution < -0.4 is 0 Å². The van der Waals surface area contributed by atoms with Gasteiger partial charge in [-0.25, -0.2) is 0 Å². The third-order valence-corrected chi connectivity index (χ3v) is 3.19. The van der Waals surface area contributed by atoms with Crippen molar-refractivity contribution in [1.29, 1.82) is 0 Å². The molecule has 14 heavy (non-hydrogen) atoms. The average Bonchev–Trinajstić information content (AvgIpc) is 2.86. The predicted octanol–water partition coefficient (Wildman–Crippen LogP) is -1.57. The Balaban J connectivity index is 1.92. The summed E-state index contributed by atoms with van der Waals surface area (Å²) in [5, 5.41) is 18.3. The Labute approximate surface area is 87.9 Å². The summed E-state index contributed by atoms with van der Waals surface area (Å²) in [7, 11) is -2.33. The van der Waals surface area contributed by atoms with E-state index in [1.807, 2.05) is 0 Å². The van der Waals surface area contributed by atoms with Gasteiger partial charge in [0.15, 0.2) is 0 Å². The average molecular weight is 234 g/mol. The Bertz CT molecular complexity index is 294. The molecule has 1 fully saturated rings. The van der Waals surface area contributed by atoms with E-state index in [9.17, 15) is 14.8 Å². The van der Waals surface area contributed by atoms with Gasteiger partial charge in [0.2, 0.25) is 0 Å². The first kappa shape index (κ1) is 11.0. The zero-order valence-electron chi connectivity index (χ0n) is 7.16. The molecular weight excluding hydrogens is 225 g/mol. The molecule has 9 heteroatoms. The molecule has 0 aromatic carbocycles. The van der Waals surface area contributed by atoms with E-state index in [1.165, 1.54) is 0 Å². The van der Waals surface area contributed by atoms with Crippen LogP contribution in [0.5, 0.6) is 0 Å². The number of ether oxygens (including phenoxy) is 1. The number of aliphatic hydroxyl groups is 2. The fourth-order valence-corrected chi connectivity index (χ4v) is 2.05. The molecule has 0 aromatic heterocycles.